The molecular formula is C18H21BrN4. The van der Waals surface area contributed by atoms with Crippen LogP contribution in [0.1, 0.15) is 28.8 Å². The number of halogens is 1. The lowest BCUT2D eigenvalue weighted by Crippen LogP contribution is -2.24. The van der Waals surface area contributed by atoms with Gasteiger partial charge in [-0.1, -0.05) is 0 Å². The van der Waals surface area contributed by atoms with Gasteiger partial charge in [0.25, 0.3) is 0 Å². The third kappa shape index (κ3) is 3.29. The quantitative estimate of drug-likeness (QED) is 0.646. The van der Waals surface area contributed by atoms with Gasteiger partial charge in [0.05, 0.1) is 11.4 Å². The van der Waals surface area contributed by atoms with Gasteiger partial charge in [-0.3, -0.25) is 0 Å². The van der Waals surface area contributed by atoms with Crippen LogP contribution < -0.4 is 4.90 Å². The van der Waals surface area contributed by atoms with Crippen LogP contribution in [0.15, 0.2) is 32.9 Å². The Bertz CT molecular complexity index is 760. The van der Waals surface area contributed by atoms with Crippen LogP contribution >= 0.6 is 15.9 Å². The fourth-order valence-electron chi connectivity index (χ4n) is 2.97. The zero-order chi connectivity index (χ0) is 16.6. The van der Waals surface area contributed by atoms with Gasteiger partial charge in [0.15, 0.2) is 5.82 Å². The number of rotatable bonds is 2. The number of hydrogen-bond donors (Lipinski definition) is 0. The maximum absolute atomic E-state index is 4.46. The van der Waals surface area contributed by atoms with Crippen molar-refractivity contribution in [2.45, 2.75) is 33.6 Å². The van der Waals surface area contributed by atoms with E-state index < -0.39 is 0 Å². The van der Waals surface area contributed by atoms with Crippen LogP contribution in [0.5, 0.6) is 0 Å². The lowest BCUT2D eigenvalue weighted by molar-refractivity contribution is 0.744. The highest BCUT2D eigenvalue weighted by molar-refractivity contribution is 9.10. The predicted octanol–water partition coefficient (Wildman–Crippen LogP) is 5.57. The molecule has 0 spiro atoms. The Labute approximate surface area is 145 Å². The summed E-state index contributed by atoms with van der Waals surface area (Å²) in [5.74, 6) is 0.650. The first kappa shape index (κ1) is 16.1. The van der Waals surface area contributed by atoms with Crippen molar-refractivity contribution < 1.29 is 0 Å². The van der Waals surface area contributed by atoms with Crippen molar-refractivity contribution in [2.75, 3.05) is 18.5 Å². The first-order valence-corrected chi connectivity index (χ1v) is 8.65. The van der Waals surface area contributed by atoms with E-state index in [9.17, 15) is 0 Å². The van der Waals surface area contributed by atoms with E-state index in [0.29, 0.717) is 5.82 Å². The summed E-state index contributed by atoms with van der Waals surface area (Å²) >= 11 is 3.53. The number of pyridine rings is 1. The predicted molar refractivity (Wildman–Crippen MR) is 98.4 cm³/mol. The Kier molecular flexibility index (Phi) is 4.48. The van der Waals surface area contributed by atoms with E-state index in [1.54, 1.807) is 0 Å². The van der Waals surface area contributed by atoms with Gasteiger partial charge in [0, 0.05) is 23.8 Å². The highest BCUT2D eigenvalue weighted by atomic mass is 79.9. The maximum atomic E-state index is 4.46. The topological polar surface area (TPSA) is 40.9 Å². The summed E-state index contributed by atoms with van der Waals surface area (Å²) in [6, 6.07) is 6.33. The minimum Gasteiger partial charge on any atom is -0.374 e. The maximum Gasteiger partial charge on any atom is 0.174 e. The van der Waals surface area contributed by atoms with Crippen LogP contribution in [0.3, 0.4) is 0 Å². The Morgan fingerprint density at radius 1 is 1.09 bits per heavy atom. The highest BCUT2D eigenvalue weighted by Crippen LogP contribution is 2.33. The van der Waals surface area contributed by atoms with Crippen molar-refractivity contribution in [3.63, 3.8) is 0 Å². The third-order valence-corrected chi connectivity index (χ3v) is 5.50. The van der Waals surface area contributed by atoms with Gasteiger partial charge in [-0.2, -0.15) is 0 Å². The second kappa shape index (κ2) is 6.40. The molecule has 0 saturated heterocycles. The zero-order valence-electron chi connectivity index (χ0n) is 14.0. The first-order valence-electron chi connectivity index (χ1n) is 7.86. The van der Waals surface area contributed by atoms with Crippen molar-refractivity contribution in [1.29, 1.82) is 0 Å². The number of anilines is 1. The molecule has 120 valence electrons. The Hall–Kier alpha value is -1.75. The molecule has 0 bridgehead atoms. The molecule has 2 heterocycles. The van der Waals surface area contributed by atoms with Gasteiger partial charge >= 0.3 is 0 Å². The van der Waals surface area contributed by atoms with E-state index >= 15 is 0 Å². The summed E-state index contributed by atoms with van der Waals surface area (Å²) < 4.78 is 1.03. The summed E-state index contributed by atoms with van der Waals surface area (Å²) in [7, 11) is 2.15. The van der Waals surface area contributed by atoms with Crippen LogP contribution in [-0.4, -0.2) is 18.6 Å². The van der Waals surface area contributed by atoms with Crippen molar-refractivity contribution in [1.82, 2.24) is 4.98 Å². The summed E-state index contributed by atoms with van der Waals surface area (Å²) in [5, 5.41) is 8.80. The Morgan fingerprint density at radius 2 is 1.87 bits per heavy atom. The summed E-state index contributed by atoms with van der Waals surface area (Å²) in [6.45, 7) is 7.21. The molecule has 1 aliphatic heterocycles. The molecule has 4 nitrogen and oxygen atoms in total. The van der Waals surface area contributed by atoms with Crippen LogP contribution in [0, 0.1) is 20.8 Å². The number of aryl methyl sites for hydroxylation is 4. The normalized spacial score (nSPS) is 14.4. The molecular weight excluding hydrogens is 352 g/mol. The lowest BCUT2D eigenvalue weighted by atomic mass is 9.99. The molecule has 0 N–H and O–H groups in total. The molecule has 0 atom stereocenters. The fourth-order valence-corrected chi connectivity index (χ4v) is 3.17. The molecule has 0 amide bonds. The fraction of sp³-hybridized carbons (Fsp3) is 0.389. The smallest absolute Gasteiger partial charge is 0.174 e. The first-order chi connectivity index (χ1) is 11.0. The largest absolute Gasteiger partial charge is 0.374 e. The molecule has 1 aliphatic rings. The molecule has 2 aromatic rings. The van der Waals surface area contributed by atoms with Crippen molar-refractivity contribution in [2.24, 2.45) is 10.2 Å². The second-order valence-electron chi connectivity index (χ2n) is 6.19. The second-order valence-corrected chi connectivity index (χ2v) is 6.98. The van der Waals surface area contributed by atoms with Gasteiger partial charge in [-0.15, -0.1) is 10.2 Å². The van der Waals surface area contributed by atoms with Crippen molar-refractivity contribution >= 4 is 33.1 Å². The van der Waals surface area contributed by atoms with Crippen molar-refractivity contribution in [3.8, 4) is 0 Å². The number of aromatic nitrogens is 1. The van der Waals surface area contributed by atoms with E-state index in [1.807, 2.05) is 19.9 Å². The van der Waals surface area contributed by atoms with Gasteiger partial charge < -0.3 is 4.90 Å². The highest BCUT2D eigenvalue weighted by Gasteiger charge is 2.15. The molecule has 1 aromatic heterocycles. The van der Waals surface area contributed by atoms with E-state index in [0.717, 1.165) is 39.9 Å². The Morgan fingerprint density at radius 3 is 2.61 bits per heavy atom. The molecule has 3 rings (SSSR count). The molecule has 0 saturated carbocycles. The average Bonchev–Trinajstić information content (AvgIpc) is 2.51. The minimum atomic E-state index is 0.650. The number of fused-ring (bicyclic) bond motifs is 1. The molecule has 0 fully saturated rings. The number of benzene rings is 1. The molecule has 0 radical (unpaired) electrons. The van der Waals surface area contributed by atoms with Gasteiger partial charge in [0.1, 0.15) is 0 Å². The zero-order valence-corrected chi connectivity index (χ0v) is 15.6. The van der Waals surface area contributed by atoms with Crippen LogP contribution in [-0.2, 0) is 6.42 Å². The van der Waals surface area contributed by atoms with E-state index in [1.165, 1.54) is 17.7 Å². The average molecular weight is 373 g/mol. The SMILES string of the molecule is Cc1cc2c(cc1N=Nc1cc(C)c(Br)c(C)n1)CCCN2C. The number of azo groups is 1. The van der Waals surface area contributed by atoms with E-state index in [2.05, 4.69) is 62.1 Å². The van der Waals surface area contributed by atoms with E-state index in [4.69, 9.17) is 0 Å². The minimum absolute atomic E-state index is 0.650. The molecule has 0 aliphatic carbocycles. The van der Waals surface area contributed by atoms with Crippen LogP contribution in [0.25, 0.3) is 0 Å². The van der Waals surface area contributed by atoms with Crippen molar-refractivity contribution in [3.05, 3.63) is 45.1 Å². The van der Waals surface area contributed by atoms with Crippen LogP contribution in [0.2, 0.25) is 0 Å². The Balaban J connectivity index is 1.94. The summed E-state index contributed by atoms with van der Waals surface area (Å²) in [6.07, 6.45) is 2.30. The van der Waals surface area contributed by atoms with Crippen LogP contribution in [0.4, 0.5) is 17.2 Å². The number of nitrogens with zero attached hydrogens (tertiary/aromatic N) is 4. The summed E-state index contributed by atoms with van der Waals surface area (Å²) in [5.41, 5.74) is 6.81. The lowest BCUT2D eigenvalue weighted by Gasteiger charge is -2.28. The molecule has 5 heteroatoms. The third-order valence-electron chi connectivity index (χ3n) is 4.30. The molecule has 0 unspecified atom stereocenters. The monoisotopic (exact) mass is 372 g/mol. The molecule has 1 aromatic carbocycles. The van der Waals surface area contributed by atoms with Gasteiger partial charge in [-0.25, -0.2) is 4.98 Å². The van der Waals surface area contributed by atoms with E-state index in [-0.39, 0.29) is 0 Å². The summed E-state index contributed by atoms with van der Waals surface area (Å²) in [4.78, 5) is 6.78. The van der Waals surface area contributed by atoms with Gasteiger partial charge in [-0.05, 0) is 84.4 Å². The standard InChI is InChI=1S/C18H21BrN4/c1-11-8-16-14(6-5-7-23(16)4)10-15(11)21-22-17-9-12(2)18(19)13(3)20-17/h8-10H,5-7H2,1-4H3. The molecule has 23 heavy (non-hydrogen) atoms. The van der Waals surface area contributed by atoms with Gasteiger partial charge in [0.2, 0.25) is 0 Å². The number of hydrogen-bond acceptors (Lipinski definition) is 4.